The van der Waals surface area contributed by atoms with Gasteiger partial charge in [0.15, 0.2) is 0 Å². The Kier molecular flexibility index (Phi) is 4.93. The molecule has 0 heterocycles. The van der Waals surface area contributed by atoms with Crippen LogP contribution in [0.1, 0.15) is 41.0 Å². The highest BCUT2D eigenvalue weighted by Crippen LogP contribution is 2.13. The lowest BCUT2D eigenvalue weighted by Gasteiger charge is -2.07. The van der Waals surface area contributed by atoms with Gasteiger partial charge in [0.05, 0.1) is 0 Å². The Morgan fingerprint density at radius 2 is 1.73 bits per heavy atom. The topological polar surface area (TPSA) is 0 Å². The Hall–Kier alpha value is -0.520. The molecule has 0 unspecified atom stereocenters. The number of allylic oxidation sites excluding steroid dienone is 4. The second-order valence-corrected chi connectivity index (χ2v) is 3.46. The molecular weight excluding hydrogens is 132 g/mol. The minimum atomic E-state index is 0.727. The molecule has 0 saturated heterocycles. The molecule has 11 heavy (non-hydrogen) atoms. The molecule has 0 spiro atoms. The molecule has 0 rings (SSSR count). The van der Waals surface area contributed by atoms with E-state index in [-0.39, 0.29) is 0 Å². The predicted octanol–water partition coefficient (Wildman–Crippen LogP) is 3.95. The van der Waals surface area contributed by atoms with Crippen LogP contribution in [0.15, 0.2) is 23.3 Å². The maximum atomic E-state index is 2.27. The first-order valence-corrected chi connectivity index (χ1v) is 4.39. The number of hydrogen-bond acceptors (Lipinski definition) is 0. The fraction of sp³-hybridized carbons (Fsp3) is 0.636. The lowest BCUT2D eigenvalue weighted by molar-refractivity contribution is 0.655. The normalized spacial score (nSPS) is 14.5. The van der Waals surface area contributed by atoms with Crippen molar-refractivity contribution in [1.82, 2.24) is 0 Å². The third kappa shape index (κ3) is 4.83. The van der Waals surface area contributed by atoms with E-state index in [1.165, 1.54) is 17.6 Å². The van der Waals surface area contributed by atoms with Crippen LogP contribution in [-0.4, -0.2) is 0 Å². The van der Waals surface area contributed by atoms with Gasteiger partial charge in [0.25, 0.3) is 0 Å². The van der Waals surface area contributed by atoms with Gasteiger partial charge < -0.3 is 0 Å². The van der Waals surface area contributed by atoms with Gasteiger partial charge >= 0.3 is 0 Å². The lowest BCUT2D eigenvalue weighted by Crippen LogP contribution is -1.92. The minimum absolute atomic E-state index is 0.727. The van der Waals surface area contributed by atoms with Crippen molar-refractivity contribution in [2.45, 2.75) is 41.0 Å². The summed E-state index contributed by atoms with van der Waals surface area (Å²) in [6, 6.07) is 0. The Balaban J connectivity index is 4.11. The zero-order valence-electron chi connectivity index (χ0n) is 8.44. The third-order valence-electron chi connectivity index (χ3n) is 2.07. The molecule has 0 aliphatic rings. The Morgan fingerprint density at radius 1 is 1.18 bits per heavy atom. The summed E-state index contributed by atoms with van der Waals surface area (Å²) in [6.45, 7) is 10.9. The lowest BCUT2D eigenvalue weighted by atomic mass is 9.99. The minimum Gasteiger partial charge on any atom is -0.0764 e. The summed E-state index contributed by atoms with van der Waals surface area (Å²) in [5.41, 5.74) is 2.85. The molecular formula is C11H20. The molecule has 0 amide bonds. The van der Waals surface area contributed by atoms with Crippen molar-refractivity contribution in [1.29, 1.82) is 0 Å². The van der Waals surface area contributed by atoms with E-state index < -0.39 is 0 Å². The summed E-state index contributed by atoms with van der Waals surface area (Å²) < 4.78 is 0. The molecule has 0 radical (unpaired) electrons. The van der Waals surface area contributed by atoms with E-state index in [1.54, 1.807) is 0 Å². The predicted molar refractivity (Wildman–Crippen MR) is 52.6 cm³/mol. The zero-order chi connectivity index (χ0) is 8.85. The molecule has 0 aliphatic heterocycles. The van der Waals surface area contributed by atoms with Crippen LogP contribution < -0.4 is 0 Å². The summed E-state index contributed by atoms with van der Waals surface area (Å²) in [4.78, 5) is 0. The van der Waals surface area contributed by atoms with E-state index in [2.05, 4.69) is 46.8 Å². The molecule has 0 saturated carbocycles. The fourth-order valence-corrected chi connectivity index (χ4v) is 0.784. The summed E-state index contributed by atoms with van der Waals surface area (Å²) in [6.07, 6.45) is 5.64. The van der Waals surface area contributed by atoms with Gasteiger partial charge in [0, 0.05) is 0 Å². The summed E-state index contributed by atoms with van der Waals surface area (Å²) >= 11 is 0. The van der Waals surface area contributed by atoms with Gasteiger partial charge in [-0.2, -0.15) is 0 Å². The van der Waals surface area contributed by atoms with Crippen LogP contribution >= 0.6 is 0 Å². The van der Waals surface area contributed by atoms with E-state index in [0.717, 1.165) is 5.92 Å². The maximum absolute atomic E-state index is 2.27. The van der Waals surface area contributed by atoms with Crippen molar-refractivity contribution in [2.24, 2.45) is 5.92 Å². The molecule has 0 aromatic rings. The largest absolute Gasteiger partial charge is 0.0764 e. The summed E-state index contributed by atoms with van der Waals surface area (Å²) in [5.74, 6) is 0.727. The van der Waals surface area contributed by atoms with Gasteiger partial charge in [-0.1, -0.05) is 37.1 Å². The zero-order valence-corrected chi connectivity index (χ0v) is 8.44. The molecule has 64 valence electrons. The van der Waals surface area contributed by atoms with Crippen molar-refractivity contribution < 1.29 is 0 Å². The number of hydrogen-bond donors (Lipinski definition) is 0. The van der Waals surface area contributed by atoms with E-state index >= 15 is 0 Å². The molecule has 0 N–H and O–H groups in total. The Labute approximate surface area is 71.0 Å². The van der Waals surface area contributed by atoms with E-state index in [0.29, 0.717) is 0 Å². The third-order valence-corrected chi connectivity index (χ3v) is 2.07. The monoisotopic (exact) mass is 152 g/mol. The molecule has 0 aliphatic carbocycles. The van der Waals surface area contributed by atoms with Gasteiger partial charge in [-0.3, -0.25) is 0 Å². The van der Waals surface area contributed by atoms with E-state index in [1.807, 2.05) is 0 Å². The first-order chi connectivity index (χ1) is 5.07. The highest BCUT2D eigenvalue weighted by atomic mass is 14.0. The standard InChI is InChI=1S/C11H20/c1-6-10(4)11(5)8-7-9(2)3/h7-8,10H,6H2,1-5H3/b11-8-/t10-/m0/s1. The quantitative estimate of drug-likeness (QED) is 0.537. The molecule has 0 nitrogen and oxygen atoms in total. The summed E-state index contributed by atoms with van der Waals surface area (Å²) in [7, 11) is 0. The van der Waals surface area contributed by atoms with Crippen LogP contribution in [0.5, 0.6) is 0 Å². The number of rotatable bonds is 3. The van der Waals surface area contributed by atoms with Crippen LogP contribution in [0, 0.1) is 5.92 Å². The molecule has 0 heteroatoms. The van der Waals surface area contributed by atoms with Gasteiger partial charge in [-0.05, 0) is 33.1 Å². The van der Waals surface area contributed by atoms with Crippen LogP contribution in [0.3, 0.4) is 0 Å². The van der Waals surface area contributed by atoms with Gasteiger partial charge in [0.1, 0.15) is 0 Å². The van der Waals surface area contributed by atoms with Crippen LogP contribution in [-0.2, 0) is 0 Å². The van der Waals surface area contributed by atoms with Crippen LogP contribution in [0.2, 0.25) is 0 Å². The SMILES string of the molecule is CC[C@H](C)/C(C)=C\C=C(C)C. The first kappa shape index (κ1) is 10.5. The Morgan fingerprint density at radius 3 is 2.09 bits per heavy atom. The van der Waals surface area contributed by atoms with Crippen LogP contribution in [0.25, 0.3) is 0 Å². The van der Waals surface area contributed by atoms with E-state index in [9.17, 15) is 0 Å². The van der Waals surface area contributed by atoms with Gasteiger partial charge in [0.2, 0.25) is 0 Å². The fourth-order valence-electron chi connectivity index (χ4n) is 0.784. The highest BCUT2D eigenvalue weighted by molar-refractivity contribution is 5.15. The van der Waals surface area contributed by atoms with Crippen LogP contribution in [0.4, 0.5) is 0 Å². The van der Waals surface area contributed by atoms with Gasteiger partial charge in [-0.15, -0.1) is 0 Å². The molecule has 0 aromatic carbocycles. The van der Waals surface area contributed by atoms with Crippen molar-refractivity contribution in [3.8, 4) is 0 Å². The Bertz CT molecular complexity index is 157. The van der Waals surface area contributed by atoms with Crippen molar-refractivity contribution >= 4 is 0 Å². The summed E-state index contributed by atoms with van der Waals surface area (Å²) in [5, 5.41) is 0. The second-order valence-electron chi connectivity index (χ2n) is 3.46. The highest BCUT2D eigenvalue weighted by Gasteiger charge is 1.97. The molecule has 0 aromatic heterocycles. The van der Waals surface area contributed by atoms with Crippen molar-refractivity contribution in [2.75, 3.05) is 0 Å². The van der Waals surface area contributed by atoms with E-state index in [4.69, 9.17) is 0 Å². The average molecular weight is 152 g/mol. The maximum Gasteiger partial charge on any atom is -0.0234 e. The molecule has 0 bridgehead atoms. The second kappa shape index (κ2) is 5.17. The van der Waals surface area contributed by atoms with Crippen molar-refractivity contribution in [3.63, 3.8) is 0 Å². The smallest absolute Gasteiger partial charge is 0.0234 e. The molecule has 0 fully saturated rings. The van der Waals surface area contributed by atoms with Gasteiger partial charge in [-0.25, -0.2) is 0 Å². The average Bonchev–Trinajstić information content (AvgIpc) is 1.98. The first-order valence-electron chi connectivity index (χ1n) is 4.39. The molecule has 1 atom stereocenters. The van der Waals surface area contributed by atoms with Crippen molar-refractivity contribution in [3.05, 3.63) is 23.3 Å².